The molecule has 3 nitrogen and oxygen atoms in total. The molecule has 44 heavy (non-hydrogen) atoms. The summed E-state index contributed by atoms with van der Waals surface area (Å²) < 4.78 is 12.7. The first-order valence-electron chi connectivity index (χ1n) is 15.6. The Morgan fingerprint density at radius 1 is 0.455 bits per heavy atom. The summed E-state index contributed by atoms with van der Waals surface area (Å²) in [6, 6.07) is 47.5. The third-order valence-electron chi connectivity index (χ3n) is 9.44. The third kappa shape index (κ3) is 4.04. The number of fused-ring (bicyclic) bond motifs is 6. The molecule has 0 aliphatic heterocycles. The minimum atomic E-state index is 0.725. The standard InChI is InChI=1S/C41H31NO2/c1-2-10-27(9-1)28-19-21-29(22-20-28)30-23-25-31(26-24-30)42(34-13-7-17-38-40(34)32-11-3-5-15-36(32)43-38)35-14-8-18-39-41(35)33-12-4-6-16-37(33)44-39/h3-8,11-27H,1-2,9-10H2. The molecule has 0 amide bonds. The molecule has 0 saturated heterocycles. The van der Waals surface area contributed by atoms with Gasteiger partial charge in [-0.1, -0.05) is 97.8 Å². The summed E-state index contributed by atoms with van der Waals surface area (Å²) in [6.45, 7) is 0. The third-order valence-corrected chi connectivity index (χ3v) is 9.44. The molecule has 2 heterocycles. The molecule has 0 bridgehead atoms. The highest BCUT2D eigenvalue weighted by atomic mass is 16.3. The molecule has 0 N–H and O–H groups in total. The van der Waals surface area contributed by atoms with Gasteiger partial charge >= 0.3 is 0 Å². The second-order valence-electron chi connectivity index (χ2n) is 12.0. The van der Waals surface area contributed by atoms with Crippen molar-refractivity contribution in [2.45, 2.75) is 31.6 Å². The number of benzene rings is 6. The maximum atomic E-state index is 6.34. The zero-order valence-corrected chi connectivity index (χ0v) is 24.4. The topological polar surface area (TPSA) is 29.5 Å². The van der Waals surface area contributed by atoms with Crippen molar-refractivity contribution in [1.82, 2.24) is 0 Å². The van der Waals surface area contributed by atoms with Gasteiger partial charge in [-0.05, 0) is 84.0 Å². The van der Waals surface area contributed by atoms with Crippen LogP contribution in [0, 0.1) is 0 Å². The van der Waals surface area contributed by atoms with Crippen molar-refractivity contribution in [3.05, 3.63) is 139 Å². The van der Waals surface area contributed by atoms with Gasteiger partial charge in [-0.15, -0.1) is 0 Å². The fourth-order valence-corrected chi connectivity index (χ4v) is 7.30. The monoisotopic (exact) mass is 569 g/mol. The summed E-state index contributed by atoms with van der Waals surface area (Å²) in [5.41, 5.74) is 10.7. The van der Waals surface area contributed by atoms with E-state index in [0.717, 1.165) is 66.9 Å². The molecule has 3 heteroatoms. The lowest BCUT2D eigenvalue weighted by atomic mass is 9.95. The van der Waals surface area contributed by atoms with Gasteiger partial charge in [0.1, 0.15) is 22.3 Å². The Morgan fingerprint density at radius 2 is 0.932 bits per heavy atom. The van der Waals surface area contributed by atoms with E-state index in [2.05, 4.69) is 114 Å². The lowest BCUT2D eigenvalue weighted by Gasteiger charge is -2.27. The van der Waals surface area contributed by atoms with Crippen molar-refractivity contribution in [2.75, 3.05) is 4.90 Å². The maximum absolute atomic E-state index is 6.34. The molecule has 2 aromatic heterocycles. The molecule has 1 aliphatic rings. The van der Waals surface area contributed by atoms with E-state index in [4.69, 9.17) is 8.83 Å². The van der Waals surface area contributed by atoms with E-state index < -0.39 is 0 Å². The van der Waals surface area contributed by atoms with E-state index in [0.29, 0.717) is 0 Å². The summed E-state index contributed by atoms with van der Waals surface area (Å²) in [4.78, 5) is 2.36. The Kier molecular flexibility index (Phi) is 5.83. The first kappa shape index (κ1) is 25.2. The van der Waals surface area contributed by atoms with Crippen molar-refractivity contribution >= 4 is 60.9 Å². The van der Waals surface area contributed by atoms with Crippen LogP contribution < -0.4 is 4.90 Å². The molecule has 1 aliphatic carbocycles. The second-order valence-corrected chi connectivity index (χ2v) is 12.0. The van der Waals surface area contributed by atoms with Crippen LogP contribution in [0.4, 0.5) is 17.1 Å². The molecular formula is C41H31NO2. The van der Waals surface area contributed by atoms with Gasteiger partial charge in [-0.2, -0.15) is 0 Å². The van der Waals surface area contributed by atoms with E-state index in [1.165, 1.54) is 42.4 Å². The number of anilines is 3. The number of nitrogens with zero attached hydrogens (tertiary/aromatic N) is 1. The zero-order valence-electron chi connectivity index (χ0n) is 24.4. The molecule has 0 radical (unpaired) electrons. The average Bonchev–Trinajstić information content (AvgIpc) is 3.83. The Balaban J connectivity index is 1.23. The summed E-state index contributed by atoms with van der Waals surface area (Å²) in [5, 5.41) is 4.40. The molecule has 0 atom stereocenters. The molecule has 1 fully saturated rings. The van der Waals surface area contributed by atoms with Crippen LogP contribution in [0.25, 0.3) is 55.0 Å². The minimum Gasteiger partial charge on any atom is -0.456 e. The fourth-order valence-electron chi connectivity index (χ4n) is 7.30. The fraction of sp³-hybridized carbons (Fsp3) is 0.122. The molecule has 9 rings (SSSR count). The summed E-state index contributed by atoms with van der Waals surface area (Å²) >= 11 is 0. The van der Waals surface area contributed by atoms with Gasteiger partial charge in [-0.3, -0.25) is 0 Å². The van der Waals surface area contributed by atoms with Gasteiger partial charge in [0, 0.05) is 16.5 Å². The first-order chi connectivity index (χ1) is 21.8. The van der Waals surface area contributed by atoms with Crippen molar-refractivity contribution in [2.24, 2.45) is 0 Å². The lowest BCUT2D eigenvalue weighted by Crippen LogP contribution is -2.10. The predicted molar refractivity (Wildman–Crippen MR) is 182 cm³/mol. The minimum absolute atomic E-state index is 0.725. The van der Waals surface area contributed by atoms with Crippen LogP contribution in [0.5, 0.6) is 0 Å². The van der Waals surface area contributed by atoms with Crippen molar-refractivity contribution < 1.29 is 8.83 Å². The van der Waals surface area contributed by atoms with Gasteiger partial charge in [0.2, 0.25) is 0 Å². The van der Waals surface area contributed by atoms with Crippen molar-refractivity contribution in [3.8, 4) is 11.1 Å². The van der Waals surface area contributed by atoms with Gasteiger partial charge < -0.3 is 13.7 Å². The highest BCUT2D eigenvalue weighted by molar-refractivity contribution is 6.17. The zero-order chi connectivity index (χ0) is 29.0. The SMILES string of the molecule is c1ccc2c(c1)oc1cccc(N(c3ccc(-c4ccc(C5CCCC5)cc4)cc3)c3cccc4oc5ccccc5c34)c12. The summed E-state index contributed by atoms with van der Waals surface area (Å²) in [7, 11) is 0. The maximum Gasteiger partial charge on any atom is 0.137 e. The van der Waals surface area contributed by atoms with Crippen LogP contribution in [0.15, 0.2) is 142 Å². The van der Waals surface area contributed by atoms with Crippen molar-refractivity contribution in [1.29, 1.82) is 0 Å². The lowest BCUT2D eigenvalue weighted by molar-refractivity contribution is 0.668. The van der Waals surface area contributed by atoms with Crippen LogP contribution in [0.3, 0.4) is 0 Å². The van der Waals surface area contributed by atoms with Crippen LogP contribution in [-0.2, 0) is 0 Å². The number of furan rings is 2. The quantitative estimate of drug-likeness (QED) is 0.206. The molecule has 8 aromatic rings. The highest BCUT2D eigenvalue weighted by Crippen LogP contribution is 2.47. The van der Waals surface area contributed by atoms with Crippen molar-refractivity contribution in [3.63, 3.8) is 0 Å². The Morgan fingerprint density at radius 3 is 1.48 bits per heavy atom. The highest BCUT2D eigenvalue weighted by Gasteiger charge is 2.23. The van der Waals surface area contributed by atoms with Gasteiger partial charge in [0.05, 0.1) is 22.1 Å². The Bertz CT molecular complexity index is 2170. The van der Waals surface area contributed by atoms with E-state index >= 15 is 0 Å². The molecular weight excluding hydrogens is 538 g/mol. The summed E-state index contributed by atoms with van der Waals surface area (Å²) in [5.74, 6) is 0.725. The van der Waals surface area contributed by atoms with Crippen LogP contribution in [0.2, 0.25) is 0 Å². The molecule has 212 valence electrons. The normalized spacial score (nSPS) is 13.9. The van der Waals surface area contributed by atoms with E-state index in [1.54, 1.807) is 0 Å². The predicted octanol–water partition coefficient (Wildman–Crippen LogP) is 12.3. The van der Waals surface area contributed by atoms with Crippen LogP contribution >= 0.6 is 0 Å². The van der Waals surface area contributed by atoms with Gasteiger partial charge in [0.25, 0.3) is 0 Å². The van der Waals surface area contributed by atoms with Crippen LogP contribution in [0.1, 0.15) is 37.2 Å². The Labute approximate surface area is 255 Å². The number of hydrogen-bond acceptors (Lipinski definition) is 3. The molecule has 0 spiro atoms. The Hall–Kier alpha value is -5.28. The second kappa shape index (κ2) is 10.2. The molecule has 1 saturated carbocycles. The number of hydrogen-bond donors (Lipinski definition) is 0. The average molecular weight is 570 g/mol. The van der Waals surface area contributed by atoms with Gasteiger partial charge in [-0.25, -0.2) is 0 Å². The van der Waals surface area contributed by atoms with E-state index in [-0.39, 0.29) is 0 Å². The van der Waals surface area contributed by atoms with Gasteiger partial charge in [0.15, 0.2) is 0 Å². The smallest absolute Gasteiger partial charge is 0.137 e. The van der Waals surface area contributed by atoms with E-state index in [1.807, 2.05) is 24.3 Å². The van der Waals surface area contributed by atoms with Crippen LogP contribution in [-0.4, -0.2) is 0 Å². The summed E-state index contributed by atoms with van der Waals surface area (Å²) in [6.07, 6.45) is 5.35. The van der Waals surface area contributed by atoms with E-state index in [9.17, 15) is 0 Å². The molecule has 0 unspecified atom stereocenters. The first-order valence-corrected chi connectivity index (χ1v) is 15.6. The number of rotatable bonds is 5. The largest absolute Gasteiger partial charge is 0.456 e. The number of para-hydroxylation sites is 2. The molecule has 6 aromatic carbocycles.